The van der Waals surface area contributed by atoms with Gasteiger partial charge in [-0.15, -0.1) is 0 Å². The second-order valence-corrected chi connectivity index (χ2v) is 5.14. The van der Waals surface area contributed by atoms with Crippen molar-refractivity contribution in [2.75, 3.05) is 5.75 Å². The highest BCUT2D eigenvalue weighted by molar-refractivity contribution is 8.01. The summed E-state index contributed by atoms with van der Waals surface area (Å²) in [6, 6.07) is -0.132. The van der Waals surface area contributed by atoms with Gasteiger partial charge in [-0.3, -0.25) is 4.79 Å². The molecule has 2 rings (SSSR count). The summed E-state index contributed by atoms with van der Waals surface area (Å²) in [4.78, 5) is 10.9. The first-order chi connectivity index (χ1) is 5.66. The molecule has 1 saturated heterocycles. The quantitative estimate of drug-likeness (QED) is 0.633. The van der Waals surface area contributed by atoms with E-state index in [1.54, 1.807) is 11.8 Å². The summed E-state index contributed by atoms with van der Waals surface area (Å²) in [6.45, 7) is 0. The molecule has 0 bridgehead atoms. The lowest BCUT2D eigenvalue weighted by Gasteiger charge is -2.41. The van der Waals surface area contributed by atoms with Gasteiger partial charge in [0.2, 0.25) is 0 Å². The molecule has 0 aromatic heterocycles. The highest BCUT2D eigenvalue weighted by Gasteiger charge is 2.55. The SMILES string of the molecule is NC1CSC2(CCC2)C1C(=O)O. The van der Waals surface area contributed by atoms with Crippen LogP contribution in [0.4, 0.5) is 0 Å². The maximum atomic E-state index is 10.9. The molecule has 0 amide bonds. The second kappa shape index (κ2) is 2.64. The molecule has 1 aliphatic heterocycles. The van der Waals surface area contributed by atoms with Crippen LogP contribution in [0.15, 0.2) is 0 Å². The van der Waals surface area contributed by atoms with Gasteiger partial charge in [-0.05, 0) is 12.8 Å². The number of rotatable bonds is 1. The minimum Gasteiger partial charge on any atom is -0.481 e. The van der Waals surface area contributed by atoms with E-state index < -0.39 is 5.97 Å². The normalized spacial score (nSPS) is 38.1. The van der Waals surface area contributed by atoms with Crippen molar-refractivity contribution in [3.63, 3.8) is 0 Å². The van der Waals surface area contributed by atoms with E-state index in [4.69, 9.17) is 10.8 Å². The first-order valence-electron chi connectivity index (χ1n) is 4.28. The maximum absolute atomic E-state index is 10.9. The van der Waals surface area contributed by atoms with Gasteiger partial charge in [0.1, 0.15) is 0 Å². The molecule has 1 heterocycles. The lowest BCUT2D eigenvalue weighted by atomic mass is 9.72. The summed E-state index contributed by atoms with van der Waals surface area (Å²) in [5, 5.41) is 8.99. The topological polar surface area (TPSA) is 63.3 Å². The third kappa shape index (κ3) is 0.977. The Hall–Kier alpha value is -0.220. The Kier molecular flexibility index (Phi) is 1.84. The number of aliphatic carboxylic acids is 1. The molecule has 4 heteroatoms. The van der Waals surface area contributed by atoms with Crippen molar-refractivity contribution in [3.05, 3.63) is 0 Å². The van der Waals surface area contributed by atoms with E-state index in [1.807, 2.05) is 0 Å². The van der Waals surface area contributed by atoms with Crippen LogP contribution in [0, 0.1) is 5.92 Å². The summed E-state index contributed by atoms with van der Waals surface area (Å²) >= 11 is 1.77. The van der Waals surface area contributed by atoms with Crippen molar-refractivity contribution in [3.8, 4) is 0 Å². The number of carboxylic acids is 1. The van der Waals surface area contributed by atoms with Crippen molar-refractivity contribution in [2.45, 2.75) is 30.1 Å². The monoisotopic (exact) mass is 187 g/mol. The van der Waals surface area contributed by atoms with Crippen LogP contribution >= 0.6 is 11.8 Å². The third-order valence-electron chi connectivity index (χ3n) is 3.02. The van der Waals surface area contributed by atoms with Crippen molar-refractivity contribution in [2.24, 2.45) is 11.7 Å². The van der Waals surface area contributed by atoms with Gasteiger partial charge in [-0.25, -0.2) is 0 Å². The van der Waals surface area contributed by atoms with Gasteiger partial charge < -0.3 is 10.8 Å². The summed E-state index contributed by atoms with van der Waals surface area (Å²) in [7, 11) is 0. The summed E-state index contributed by atoms with van der Waals surface area (Å²) in [6.07, 6.45) is 3.26. The molecule has 0 aromatic rings. The molecular weight excluding hydrogens is 174 g/mol. The molecule has 3 N–H and O–H groups in total. The zero-order valence-electron chi connectivity index (χ0n) is 6.82. The molecule has 3 nitrogen and oxygen atoms in total. The molecule has 0 radical (unpaired) electrons. The zero-order valence-corrected chi connectivity index (χ0v) is 7.64. The Morgan fingerprint density at radius 2 is 2.25 bits per heavy atom. The molecule has 0 aromatic carbocycles. The summed E-state index contributed by atoms with van der Waals surface area (Å²) in [5.41, 5.74) is 5.76. The standard InChI is InChI=1S/C8H13NO2S/c9-5-4-12-8(2-1-3-8)6(5)7(10)11/h5-6H,1-4,9H2,(H,10,11). The molecular formula is C8H13NO2S. The summed E-state index contributed by atoms with van der Waals surface area (Å²) in [5.74, 6) is -0.180. The molecule has 68 valence electrons. The fraction of sp³-hybridized carbons (Fsp3) is 0.875. The molecule has 1 aliphatic carbocycles. The maximum Gasteiger partial charge on any atom is 0.309 e. The van der Waals surface area contributed by atoms with Gasteiger partial charge in [0.05, 0.1) is 5.92 Å². The average molecular weight is 187 g/mol. The number of carbonyl (C=O) groups is 1. The summed E-state index contributed by atoms with van der Waals surface area (Å²) < 4.78 is 0.0191. The van der Waals surface area contributed by atoms with Crippen LogP contribution in [0.25, 0.3) is 0 Å². The fourth-order valence-corrected chi connectivity index (χ4v) is 3.98. The van der Waals surface area contributed by atoms with E-state index in [2.05, 4.69) is 0 Å². The Morgan fingerprint density at radius 1 is 1.58 bits per heavy atom. The first-order valence-corrected chi connectivity index (χ1v) is 5.27. The molecule has 2 unspecified atom stereocenters. The first kappa shape index (κ1) is 8.38. The van der Waals surface area contributed by atoms with Crippen LogP contribution in [-0.2, 0) is 4.79 Å². The zero-order chi connectivity index (χ0) is 8.77. The number of thioether (sulfide) groups is 1. The van der Waals surface area contributed by atoms with Crippen molar-refractivity contribution in [1.29, 1.82) is 0 Å². The van der Waals surface area contributed by atoms with Crippen LogP contribution in [0.1, 0.15) is 19.3 Å². The number of carboxylic acid groups (broad SMARTS) is 1. The van der Waals surface area contributed by atoms with E-state index in [9.17, 15) is 4.79 Å². The molecule has 12 heavy (non-hydrogen) atoms. The molecule has 2 atom stereocenters. The minimum atomic E-state index is -0.702. The van der Waals surface area contributed by atoms with Gasteiger partial charge in [-0.2, -0.15) is 11.8 Å². The molecule has 1 spiro atoms. The smallest absolute Gasteiger partial charge is 0.309 e. The van der Waals surface area contributed by atoms with Gasteiger partial charge in [0.15, 0.2) is 0 Å². The van der Waals surface area contributed by atoms with Crippen LogP contribution < -0.4 is 5.73 Å². The minimum absolute atomic E-state index is 0.0191. The highest BCUT2D eigenvalue weighted by Crippen LogP contribution is 2.55. The third-order valence-corrected chi connectivity index (χ3v) is 4.81. The Bertz CT molecular complexity index is 215. The largest absolute Gasteiger partial charge is 0.481 e. The van der Waals surface area contributed by atoms with Crippen LogP contribution in [0.3, 0.4) is 0 Å². The predicted octanol–water partition coefficient (Wildman–Crippen LogP) is 0.684. The fourth-order valence-electron chi connectivity index (χ4n) is 2.23. The number of hydrogen-bond acceptors (Lipinski definition) is 3. The van der Waals surface area contributed by atoms with Gasteiger partial charge in [0.25, 0.3) is 0 Å². The second-order valence-electron chi connectivity index (χ2n) is 3.71. The van der Waals surface area contributed by atoms with Crippen LogP contribution in [0.2, 0.25) is 0 Å². The van der Waals surface area contributed by atoms with Gasteiger partial charge in [-0.1, -0.05) is 6.42 Å². The van der Waals surface area contributed by atoms with E-state index in [0.29, 0.717) is 0 Å². The Balaban J connectivity index is 2.19. The van der Waals surface area contributed by atoms with Crippen molar-refractivity contribution >= 4 is 17.7 Å². The molecule has 2 fully saturated rings. The Labute approximate surface area is 75.7 Å². The van der Waals surface area contributed by atoms with Crippen molar-refractivity contribution < 1.29 is 9.90 Å². The average Bonchev–Trinajstić information content (AvgIpc) is 2.25. The van der Waals surface area contributed by atoms with Crippen molar-refractivity contribution in [1.82, 2.24) is 0 Å². The Morgan fingerprint density at radius 3 is 2.58 bits per heavy atom. The van der Waals surface area contributed by atoms with Gasteiger partial charge in [0, 0.05) is 16.5 Å². The van der Waals surface area contributed by atoms with E-state index in [-0.39, 0.29) is 16.7 Å². The van der Waals surface area contributed by atoms with Crippen LogP contribution in [0.5, 0.6) is 0 Å². The molecule has 2 aliphatic rings. The van der Waals surface area contributed by atoms with E-state index in [0.717, 1.165) is 18.6 Å². The van der Waals surface area contributed by atoms with Gasteiger partial charge >= 0.3 is 5.97 Å². The van der Waals surface area contributed by atoms with E-state index >= 15 is 0 Å². The highest BCUT2D eigenvalue weighted by atomic mass is 32.2. The number of hydrogen-bond donors (Lipinski definition) is 2. The van der Waals surface area contributed by atoms with Crippen LogP contribution in [-0.4, -0.2) is 27.6 Å². The predicted molar refractivity (Wildman–Crippen MR) is 48.1 cm³/mol. The van der Waals surface area contributed by atoms with E-state index in [1.165, 1.54) is 6.42 Å². The lowest BCUT2D eigenvalue weighted by molar-refractivity contribution is -0.144. The number of nitrogens with two attached hydrogens (primary N) is 1. The lowest BCUT2D eigenvalue weighted by Crippen LogP contribution is -2.48. The molecule has 1 saturated carbocycles.